The molecule has 1 N–H and O–H groups in total. The van der Waals surface area contributed by atoms with Crippen LogP contribution in [0.2, 0.25) is 0 Å². The zero-order valence-electron chi connectivity index (χ0n) is 6.83. The molecule has 0 saturated carbocycles. The zero-order valence-corrected chi connectivity index (χ0v) is 8.99. The summed E-state index contributed by atoms with van der Waals surface area (Å²) >= 11 is 1.05. The number of halogens is 6. The number of hydrogen-bond donors (Lipinski definition) is 1. The first-order valence-electron chi connectivity index (χ1n) is 3.27. The van der Waals surface area contributed by atoms with E-state index in [0.29, 0.717) is 0 Å². The van der Waals surface area contributed by atoms with Gasteiger partial charge in [-0.05, 0) is 6.92 Å². The van der Waals surface area contributed by atoms with Gasteiger partial charge in [0.2, 0.25) is 0 Å². The molecule has 0 aliphatic rings. The minimum absolute atomic E-state index is 0.801. The Morgan fingerprint density at radius 2 is 1.64 bits per heavy atom. The highest BCUT2D eigenvalue weighted by Gasteiger charge is 2.60. The third-order valence-electron chi connectivity index (χ3n) is 1.41. The standard InChI is InChI=1S/C6H6F5IO2/c1-4(12,3(13)14)2-5(7,8)6(9,10)11/h2H2,1H3,(H,13,14). The normalized spacial score (nSPS) is 17.6. The van der Waals surface area contributed by atoms with Crippen molar-refractivity contribution in [3.05, 3.63) is 0 Å². The van der Waals surface area contributed by atoms with Crippen molar-refractivity contribution >= 4 is 28.6 Å². The van der Waals surface area contributed by atoms with Crippen LogP contribution in [-0.4, -0.2) is 26.6 Å². The summed E-state index contributed by atoms with van der Waals surface area (Å²) in [5, 5.41) is 8.36. The van der Waals surface area contributed by atoms with Gasteiger partial charge in [-0.15, -0.1) is 0 Å². The Hall–Kier alpha value is -0.150. The molecule has 0 bridgehead atoms. The first kappa shape index (κ1) is 13.8. The van der Waals surface area contributed by atoms with E-state index >= 15 is 0 Å². The number of carboxylic acid groups (broad SMARTS) is 1. The second-order valence-corrected chi connectivity index (χ2v) is 5.26. The number of hydrogen-bond acceptors (Lipinski definition) is 1. The first-order valence-corrected chi connectivity index (χ1v) is 4.35. The SMILES string of the molecule is CC(I)(CC(F)(F)C(F)(F)F)C(=O)O. The maximum absolute atomic E-state index is 12.4. The van der Waals surface area contributed by atoms with Crippen molar-refractivity contribution in [1.82, 2.24) is 0 Å². The third-order valence-corrected chi connectivity index (χ3v) is 2.26. The molecule has 2 nitrogen and oxygen atoms in total. The molecule has 0 aromatic rings. The minimum Gasteiger partial charge on any atom is -0.480 e. The average molecular weight is 332 g/mol. The van der Waals surface area contributed by atoms with Crippen LogP contribution < -0.4 is 0 Å². The van der Waals surface area contributed by atoms with Crippen LogP contribution in [0.1, 0.15) is 13.3 Å². The summed E-state index contributed by atoms with van der Waals surface area (Å²) in [6, 6.07) is 0. The van der Waals surface area contributed by atoms with E-state index < -0.39 is 27.9 Å². The molecular weight excluding hydrogens is 326 g/mol. The Morgan fingerprint density at radius 3 is 1.86 bits per heavy atom. The van der Waals surface area contributed by atoms with Crippen LogP contribution in [-0.2, 0) is 4.79 Å². The molecule has 0 aromatic heterocycles. The number of alkyl halides is 6. The Kier molecular flexibility index (Phi) is 3.74. The maximum atomic E-state index is 12.4. The van der Waals surface area contributed by atoms with Crippen molar-refractivity contribution in [2.24, 2.45) is 0 Å². The molecule has 0 aliphatic carbocycles. The van der Waals surface area contributed by atoms with Gasteiger partial charge in [-0.25, -0.2) is 0 Å². The number of carbonyl (C=O) groups is 1. The van der Waals surface area contributed by atoms with E-state index in [0.717, 1.165) is 29.5 Å². The van der Waals surface area contributed by atoms with Gasteiger partial charge in [0.25, 0.3) is 0 Å². The number of rotatable bonds is 3. The molecule has 1 unspecified atom stereocenters. The Labute approximate surface area is 89.6 Å². The summed E-state index contributed by atoms with van der Waals surface area (Å²) in [6.07, 6.45) is -7.49. The van der Waals surface area contributed by atoms with Crippen LogP contribution in [0.15, 0.2) is 0 Å². The lowest BCUT2D eigenvalue weighted by Gasteiger charge is -2.25. The van der Waals surface area contributed by atoms with E-state index in [2.05, 4.69) is 0 Å². The van der Waals surface area contributed by atoms with Crippen LogP contribution in [0.4, 0.5) is 22.0 Å². The molecule has 1 atom stereocenters. The van der Waals surface area contributed by atoms with Gasteiger partial charge in [0.05, 0.1) is 0 Å². The monoisotopic (exact) mass is 332 g/mol. The van der Waals surface area contributed by atoms with E-state index in [9.17, 15) is 26.7 Å². The van der Waals surface area contributed by atoms with Gasteiger partial charge in [0.15, 0.2) is 0 Å². The molecule has 0 aromatic carbocycles. The fourth-order valence-corrected chi connectivity index (χ4v) is 1.07. The zero-order chi connectivity index (χ0) is 11.8. The molecule has 84 valence electrons. The molecular formula is C6H6F5IO2. The second-order valence-electron chi connectivity index (χ2n) is 2.88. The fraction of sp³-hybridized carbons (Fsp3) is 0.833. The lowest BCUT2D eigenvalue weighted by Crippen LogP contribution is -2.44. The second kappa shape index (κ2) is 3.78. The number of aliphatic carboxylic acids is 1. The molecule has 0 aliphatic heterocycles. The molecule has 14 heavy (non-hydrogen) atoms. The number of carboxylic acids is 1. The molecule has 0 rings (SSSR count). The van der Waals surface area contributed by atoms with Crippen molar-refractivity contribution in [2.45, 2.75) is 28.9 Å². The predicted molar refractivity (Wildman–Crippen MR) is 45.7 cm³/mol. The van der Waals surface area contributed by atoms with Crippen molar-refractivity contribution in [1.29, 1.82) is 0 Å². The highest BCUT2D eigenvalue weighted by molar-refractivity contribution is 14.1. The van der Waals surface area contributed by atoms with Crippen LogP contribution in [0.3, 0.4) is 0 Å². The van der Waals surface area contributed by atoms with Crippen molar-refractivity contribution in [3.8, 4) is 0 Å². The Morgan fingerprint density at radius 1 is 1.29 bits per heavy atom. The molecule has 0 heterocycles. The molecule has 0 amide bonds. The maximum Gasteiger partial charge on any atom is 0.453 e. The topological polar surface area (TPSA) is 37.3 Å². The molecule has 8 heteroatoms. The summed E-state index contributed by atoms with van der Waals surface area (Å²) in [7, 11) is 0. The van der Waals surface area contributed by atoms with Crippen molar-refractivity contribution in [2.75, 3.05) is 0 Å². The summed E-state index contributed by atoms with van der Waals surface area (Å²) < 4.78 is 57.7. The smallest absolute Gasteiger partial charge is 0.453 e. The fourth-order valence-electron chi connectivity index (χ4n) is 0.593. The van der Waals surface area contributed by atoms with Crippen LogP contribution in [0.25, 0.3) is 0 Å². The quantitative estimate of drug-likeness (QED) is 0.490. The average Bonchev–Trinajstić information content (AvgIpc) is 1.80. The van der Waals surface area contributed by atoms with Crippen LogP contribution in [0.5, 0.6) is 0 Å². The summed E-state index contributed by atoms with van der Waals surface area (Å²) in [4.78, 5) is 10.3. The van der Waals surface area contributed by atoms with Gasteiger partial charge < -0.3 is 5.11 Å². The minimum atomic E-state index is -5.71. The van der Waals surface area contributed by atoms with E-state index in [4.69, 9.17) is 5.11 Å². The summed E-state index contributed by atoms with van der Waals surface area (Å²) in [5.41, 5.74) is 0. The van der Waals surface area contributed by atoms with Gasteiger partial charge in [-0.2, -0.15) is 22.0 Å². The lowest BCUT2D eigenvalue weighted by atomic mass is 10.0. The van der Waals surface area contributed by atoms with Crippen LogP contribution >= 0.6 is 22.6 Å². The largest absolute Gasteiger partial charge is 0.480 e. The van der Waals surface area contributed by atoms with E-state index in [1.807, 2.05) is 0 Å². The van der Waals surface area contributed by atoms with E-state index in [1.54, 1.807) is 0 Å². The first-order chi connectivity index (χ1) is 5.90. The molecule has 0 radical (unpaired) electrons. The van der Waals surface area contributed by atoms with Crippen molar-refractivity contribution in [3.63, 3.8) is 0 Å². The van der Waals surface area contributed by atoms with Gasteiger partial charge >= 0.3 is 18.1 Å². The Balaban J connectivity index is 4.76. The summed E-state index contributed by atoms with van der Waals surface area (Å²) in [5.74, 6) is -6.69. The van der Waals surface area contributed by atoms with Crippen LogP contribution in [0, 0.1) is 0 Å². The third kappa shape index (κ3) is 3.21. The predicted octanol–water partition coefficient (Wildman–Crippen LogP) is 2.85. The highest BCUT2D eigenvalue weighted by Crippen LogP contribution is 2.43. The van der Waals surface area contributed by atoms with Gasteiger partial charge in [-0.3, -0.25) is 4.79 Å². The van der Waals surface area contributed by atoms with Gasteiger partial charge in [-0.1, -0.05) is 22.6 Å². The van der Waals surface area contributed by atoms with Gasteiger partial charge in [0, 0.05) is 6.42 Å². The highest BCUT2D eigenvalue weighted by atomic mass is 127. The molecule has 0 fully saturated rings. The van der Waals surface area contributed by atoms with E-state index in [-0.39, 0.29) is 0 Å². The molecule has 0 saturated heterocycles. The van der Waals surface area contributed by atoms with Gasteiger partial charge in [0.1, 0.15) is 3.42 Å². The van der Waals surface area contributed by atoms with E-state index in [1.165, 1.54) is 0 Å². The Bertz CT molecular complexity index is 235. The summed E-state index contributed by atoms with van der Waals surface area (Å²) in [6.45, 7) is 0.801. The molecule has 0 spiro atoms. The van der Waals surface area contributed by atoms with Crippen molar-refractivity contribution < 1.29 is 31.9 Å². The lowest BCUT2D eigenvalue weighted by molar-refractivity contribution is -0.285.